The summed E-state index contributed by atoms with van der Waals surface area (Å²) in [6, 6.07) is 15.6. The number of H-pyrrole nitrogens is 1. The Kier molecular flexibility index (Phi) is 3.03. The van der Waals surface area contributed by atoms with E-state index in [0.29, 0.717) is 12.0 Å². The van der Waals surface area contributed by atoms with Crippen LogP contribution in [-0.4, -0.2) is 12.0 Å². The number of benzene rings is 2. The first-order chi connectivity index (χ1) is 9.20. The second kappa shape index (κ2) is 4.71. The van der Waals surface area contributed by atoms with E-state index in [1.165, 1.54) is 27.4 Å². The number of hydrogen-bond donors (Lipinski definition) is 2. The summed E-state index contributed by atoms with van der Waals surface area (Å²) in [4.78, 5) is 3.47. The van der Waals surface area contributed by atoms with Gasteiger partial charge in [-0.2, -0.15) is 0 Å². The second-order valence-corrected chi connectivity index (χ2v) is 5.49. The van der Waals surface area contributed by atoms with E-state index in [0.717, 1.165) is 0 Å². The molecule has 0 amide bonds. The van der Waals surface area contributed by atoms with Gasteiger partial charge in [0.1, 0.15) is 0 Å². The minimum absolute atomic E-state index is 0.401. The highest BCUT2D eigenvalue weighted by Gasteiger charge is 2.14. The van der Waals surface area contributed by atoms with Gasteiger partial charge in [0.2, 0.25) is 0 Å². The van der Waals surface area contributed by atoms with Gasteiger partial charge in [0.05, 0.1) is 0 Å². The van der Waals surface area contributed by atoms with Gasteiger partial charge in [-0.1, -0.05) is 38.1 Å². The molecular weight excluding hydrogens is 232 g/mol. The predicted octanol–water partition coefficient (Wildman–Crippen LogP) is 4.24. The average Bonchev–Trinajstić information content (AvgIpc) is 2.77. The Morgan fingerprint density at radius 1 is 0.947 bits per heavy atom. The molecule has 19 heavy (non-hydrogen) atoms. The minimum Gasteiger partial charge on any atom is -0.355 e. The van der Waals surface area contributed by atoms with Crippen molar-refractivity contribution < 1.29 is 0 Å². The lowest BCUT2D eigenvalue weighted by molar-refractivity contribution is 0.443. The van der Waals surface area contributed by atoms with Crippen molar-refractivity contribution in [3.8, 4) is 0 Å². The molecule has 1 atom stereocenters. The summed E-state index contributed by atoms with van der Waals surface area (Å²) >= 11 is 0. The Morgan fingerprint density at radius 2 is 1.68 bits per heavy atom. The molecule has 3 rings (SSSR count). The number of para-hydroxylation sites is 1. The molecule has 2 heteroatoms. The molecule has 0 saturated heterocycles. The zero-order valence-corrected chi connectivity index (χ0v) is 11.7. The van der Waals surface area contributed by atoms with Gasteiger partial charge in [-0.3, -0.25) is 0 Å². The van der Waals surface area contributed by atoms with Crippen LogP contribution in [0.1, 0.15) is 25.5 Å². The largest absolute Gasteiger partial charge is 0.355 e. The molecule has 0 fully saturated rings. The maximum atomic E-state index is 3.47. The maximum Gasteiger partial charge on any atom is 0.0465 e. The first-order valence-corrected chi connectivity index (χ1v) is 6.88. The first kappa shape index (κ1) is 12.2. The van der Waals surface area contributed by atoms with Crippen LogP contribution in [0.4, 0.5) is 0 Å². The van der Waals surface area contributed by atoms with Crippen LogP contribution in [0, 0.1) is 5.92 Å². The van der Waals surface area contributed by atoms with Crippen LogP contribution in [0.25, 0.3) is 21.8 Å². The van der Waals surface area contributed by atoms with Crippen molar-refractivity contribution in [1.82, 2.24) is 10.3 Å². The average molecular weight is 252 g/mol. The molecule has 98 valence electrons. The van der Waals surface area contributed by atoms with Gasteiger partial charge in [-0.25, -0.2) is 0 Å². The summed E-state index contributed by atoms with van der Waals surface area (Å²) in [5, 5.41) is 6.03. The number of nitrogens with one attached hydrogen (secondary N) is 2. The Morgan fingerprint density at radius 3 is 2.42 bits per heavy atom. The van der Waals surface area contributed by atoms with Crippen LogP contribution in [-0.2, 0) is 0 Å². The van der Waals surface area contributed by atoms with E-state index in [1.54, 1.807) is 0 Å². The fourth-order valence-corrected chi connectivity index (χ4v) is 2.94. The summed E-state index contributed by atoms with van der Waals surface area (Å²) in [6.45, 7) is 4.50. The Labute approximate surface area is 113 Å². The zero-order chi connectivity index (χ0) is 13.4. The van der Waals surface area contributed by atoms with Crippen molar-refractivity contribution in [2.45, 2.75) is 19.9 Å². The lowest BCUT2D eigenvalue weighted by atomic mass is 9.95. The predicted molar refractivity (Wildman–Crippen MR) is 82.4 cm³/mol. The molecule has 0 radical (unpaired) electrons. The van der Waals surface area contributed by atoms with E-state index in [4.69, 9.17) is 0 Å². The SMILES string of the molecule is CNC(c1ccc2[nH]c3ccccc3c2c1)C(C)C. The molecule has 2 N–H and O–H groups in total. The highest BCUT2D eigenvalue weighted by Crippen LogP contribution is 2.29. The molecule has 0 bridgehead atoms. The van der Waals surface area contributed by atoms with E-state index in [9.17, 15) is 0 Å². The molecule has 1 aromatic heterocycles. The number of hydrogen-bond acceptors (Lipinski definition) is 1. The summed E-state index contributed by atoms with van der Waals surface area (Å²) in [6.07, 6.45) is 0. The van der Waals surface area contributed by atoms with Crippen LogP contribution in [0.15, 0.2) is 42.5 Å². The Balaban J connectivity index is 2.21. The number of rotatable bonds is 3. The lowest BCUT2D eigenvalue weighted by Crippen LogP contribution is -2.21. The zero-order valence-electron chi connectivity index (χ0n) is 11.7. The van der Waals surface area contributed by atoms with Crippen molar-refractivity contribution in [2.75, 3.05) is 7.05 Å². The van der Waals surface area contributed by atoms with Crippen molar-refractivity contribution in [3.63, 3.8) is 0 Å². The van der Waals surface area contributed by atoms with Gasteiger partial charge in [-0.15, -0.1) is 0 Å². The third-order valence-corrected chi connectivity index (χ3v) is 3.87. The molecule has 1 unspecified atom stereocenters. The molecule has 1 heterocycles. The molecular formula is C17H20N2. The third-order valence-electron chi connectivity index (χ3n) is 3.87. The van der Waals surface area contributed by atoms with Gasteiger partial charge in [0.15, 0.2) is 0 Å². The summed E-state index contributed by atoms with van der Waals surface area (Å²) in [7, 11) is 2.03. The van der Waals surface area contributed by atoms with Gasteiger partial charge < -0.3 is 10.3 Å². The van der Waals surface area contributed by atoms with Crippen LogP contribution >= 0.6 is 0 Å². The van der Waals surface area contributed by atoms with Gasteiger partial charge in [0.25, 0.3) is 0 Å². The van der Waals surface area contributed by atoms with Crippen LogP contribution in [0.2, 0.25) is 0 Å². The monoisotopic (exact) mass is 252 g/mol. The van der Waals surface area contributed by atoms with Gasteiger partial charge in [-0.05, 0) is 36.7 Å². The Bertz CT molecular complexity index is 709. The number of fused-ring (bicyclic) bond motifs is 3. The van der Waals surface area contributed by atoms with Crippen molar-refractivity contribution in [1.29, 1.82) is 0 Å². The molecule has 3 aromatic rings. The van der Waals surface area contributed by atoms with Crippen LogP contribution in [0.5, 0.6) is 0 Å². The van der Waals surface area contributed by atoms with Gasteiger partial charge >= 0.3 is 0 Å². The fraction of sp³-hybridized carbons (Fsp3) is 0.294. The van der Waals surface area contributed by atoms with E-state index in [2.05, 4.69) is 66.6 Å². The lowest BCUT2D eigenvalue weighted by Gasteiger charge is -2.20. The molecule has 0 aliphatic carbocycles. The smallest absolute Gasteiger partial charge is 0.0465 e. The van der Waals surface area contributed by atoms with Crippen molar-refractivity contribution >= 4 is 21.8 Å². The fourth-order valence-electron chi connectivity index (χ4n) is 2.94. The summed E-state index contributed by atoms with van der Waals surface area (Å²) in [5.41, 5.74) is 3.78. The third kappa shape index (κ3) is 2.02. The second-order valence-electron chi connectivity index (χ2n) is 5.49. The van der Waals surface area contributed by atoms with Gasteiger partial charge in [0, 0.05) is 27.8 Å². The van der Waals surface area contributed by atoms with E-state index >= 15 is 0 Å². The standard InChI is InChI=1S/C17H20N2/c1-11(2)17(18-3)12-8-9-16-14(10-12)13-6-4-5-7-15(13)19-16/h4-11,17-19H,1-3H3. The molecule has 0 spiro atoms. The summed E-state index contributed by atoms with van der Waals surface area (Å²) < 4.78 is 0. The number of aromatic nitrogens is 1. The minimum atomic E-state index is 0.401. The molecule has 2 aromatic carbocycles. The molecule has 0 aliphatic heterocycles. The Hall–Kier alpha value is -1.80. The summed E-state index contributed by atoms with van der Waals surface area (Å²) in [5.74, 6) is 0.577. The highest BCUT2D eigenvalue weighted by molar-refractivity contribution is 6.07. The van der Waals surface area contributed by atoms with Crippen molar-refractivity contribution in [2.24, 2.45) is 5.92 Å². The topological polar surface area (TPSA) is 27.8 Å². The first-order valence-electron chi connectivity index (χ1n) is 6.88. The van der Waals surface area contributed by atoms with E-state index < -0.39 is 0 Å². The van der Waals surface area contributed by atoms with Crippen LogP contribution < -0.4 is 5.32 Å². The number of aromatic amines is 1. The van der Waals surface area contributed by atoms with Crippen molar-refractivity contribution in [3.05, 3.63) is 48.0 Å². The normalized spacial score (nSPS) is 13.5. The molecule has 0 aliphatic rings. The quantitative estimate of drug-likeness (QED) is 0.717. The van der Waals surface area contributed by atoms with E-state index in [-0.39, 0.29) is 0 Å². The maximum absolute atomic E-state index is 3.47. The molecule has 2 nitrogen and oxygen atoms in total. The highest BCUT2D eigenvalue weighted by atomic mass is 14.9. The van der Waals surface area contributed by atoms with E-state index in [1.807, 2.05) is 7.05 Å². The van der Waals surface area contributed by atoms with Crippen LogP contribution in [0.3, 0.4) is 0 Å². The molecule has 0 saturated carbocycles.